The highest BCUT2D eigenvalue weighted by Crippen LogP contribution is 2.13. The second kappa shape index (κ2) is 7.84. The fourth-order valence-corrected chi connectivity index (χ4v) is 2.01. The van der Waals surface area contributed by atoms with Crippen molar-refractivity contribution in [1.29, 1.82) is 0 Å². The lowest BCUT2D eigenvalue weighted by Gasteiger charge is -2.03. The smallest absolute Gasteiger partial charge is 0.270 e. The standard InChI is InChI=1S/C17H17N3O3/c1-13(15-8-5-9-16(12-15)20(22)23)18-19-17(21)11-10-14-6-3-2-4-7-14/h2-9,12H,10-11H2,1H3,(H,19,21). The number of hydrogen-bond donors (Lipinski definition) is 1. The highest BCUT2D eigenvalue weighted by Gasteiger charge is 2.08. The maximum atomic E-state index is 11.8. The molecule has 0 bridgehead atoms. The van der Waals surface area contributed by atoms with E-state index in [1.807, 2.05) is 30.3 Å². The zero-order valence-electron chi connectivity index (χ0n) is 12.7. The number of carbonyl (C=O) groups excluding carboxylic acids is 1. The lowest BCUT2D eigenvalue weighted by Crippen LogP contribution is -2.19. The van der Waals surface area contributed by atoms with Crippen molar-refractivity contribution in [3.63, 3.8) is 0 Å². The van der Waals surface area contributed by atoms with E-state index in [4.69, 9.17) is 0 Å². The number of nitro benzene ring substituents is 1. The van der Waals surface area contributed by atoms with Crippen LogP contribution in [0.25, 0.3) is 0 Å². The average molecular weight is 311 g/mol. The van der Waals surface area contributed by atoms with Gasteiger partial charge in [-0.15, -0.1) is 0 Å². The third-order valence-corrected chi connectivity index (χ3v) is 3.31. The summed E-state index contributed by atoms with van der Waals surface area (Å²) < 4.78 is 0. The molecule has 0 fully saturated rings. The van der Waals surface area contributed by atoms with Crippen LogP contribution in [0.2, 0.25) is 0 Å². The van der Waals surface area contributed by atoms with Gasteiger partial charge in [-0.25, -0.2) is 5.43 Å². The number of amides is 1. The van der Waals surface area contributed by atoms with Gasteiger partial charge in [0.05, 0.1) is 10.6 Å². The van der Waals surface area contributed by atoms with E-state index >= 15 is 0 Å². The van der Waals surface area contributed by atoms with Gasteiger partial charge in [-0.1, -0.05) is 42.5 Å². The molecule has 2 aromatic carbocycles. The second-order valence-corrected chi connectivity index (χ2v) is 5.03. The molecule has 0 atom stereocenters. The molecule has 1 N–H and O–H groups in total. The Balaban J connectivity index is 1.92. The van der Waals surface area contributed by atoms with Gasteiger partial charge in [0, 0.05) is 24.1 Å². The fraction of sp³-hybridized carbons (Fsp3) is 0.176. The Hall–Kier alpha value is -3.02. The van der Waals surface area contributed by atoms with Crippen LogP contribution < -0.4 is 5.43 Å². The molecule has 2 aromatic rings. The monoisotopic (exact) mass is 311 g/mol. The second-order valence-electron chi connectivity index (χ2n) is 5.03. The van der Waals surface area contributed by atoms with Gasteiger partial charge in [-0.3, -0.25) is 14.9 Å². The van der Waals surface area contributed by atoms with Crippen molar-refractivity contribution in [3.8, 4) is 0 Å². The minimum absolute atomic E-state index is 0.00699. The van der Waals surface area contributed by atoms with E-state index in [0.717, 1.165) is 5.56 Å². The average Bonchev–Trinajstić information content (AvgIpc) is 2.58. The van der Waals surface area contributed by atoms with E-state index < -0.39 is 4.92 Å². The Labute approximate surface area is 134 Å². The third-order valence-electron chi connectivity index (χ3n) is 3.31. The summed E-state index contributed by atoms with van der Waals surface area (Å²) in [4.78, 5) is 22.1. The lowest BCUT2D eigenvalue weighted by atomic mass is 10.1. The highest BCUT2D eigenvalue weighted by atomic mass is 16.6. The summed E-state index contributed by atoms with van der Waals surface area (Å²) in [6.07, 6.45) is 0.966. The Kier molecular flexibility index (Phi) is 5.57. The molecular weight excluding hydrogens is 294 g/mol. The van der Waals surface area contributed by atoms with Crippen LogP contribution in [0.1, 0.15) is 24.5 Å². The van der Waals surface area contributed by atoms with Crippen molar-refractivity contribution >= 4 is 17.3 Å². The van der Waals surface area contributed by atoms with E-state index in [1.54, 1.807) is 19.1 Å². The Morgan fingerprint density at radius 2 is 1.91 bits per heavy atom. The molecule has 0 aliphatic heterocycles. The van der Waals surface area contributed by atoms with Crippen LogP contribution in [-0.2, 0) is 11.2 Å². The van der Waals surface area contributed by atoms with Crippen LogP contribution in [-0.4, -0.2) is 16.5 Å². The predicted molar refractivity (Wildman–Crippen MR) is 88.2 cm³/mol. The van der Waals surface area contributed by atoms with Gasteiger partial charge < -0.3 is 0 Å². The van der Waals surface area contributed by atoms with Crippen molar-refractivity contribution in [2.45, 2.75) is 19.8 Å². The van der Waals surface area contributed by atoms with Crippen molar-refractivity contribution in [1.82, 2.24) is 5.43 Å². The van der Waals surface area contributed by atoms with E-state index in [1.165, 1.54) is 12.1 Å². The summed E-state index contributed by atoms with van der Waals surface area (Å²) in [6, 6.07) is 15.8. The summed E-state index contributed by atoms with van der Waals surface area (Å²) >= 11 is 0. The number of non-ortho nitro benzene ring substituents is 1. The van der Waals surface area contributed by atoms with Gasteiger partial charge >= 0.3 is 0 Å². The van der Waals surface area contributed by atoms with Gasteiger partial charge in [0.25, 0.3) is 5.69 Å². The van der Waals surface area contributed by atoms with E-state index in [-0.39, 0.29) is 11.6 Å². The maximum absolute atomic E-state index is 11.8. The Morgan fingerprint density at radius 1 is 1.17 bits per heavy atom. The molecule has 0 aliphatic carbocycles. The first kappa shape index (κ1) is 16.4. The first-order valence-electron chi connectivity index (χ1n) is 7.18. The number of rotatable bonds is 6. The van der Waals surface area contributed by atoms with Crippen LogP contribution in [0.3, 0.4) is 0 Å². The first-order chi connectivity index (χ1) is 11.1. The molecule has 0 spiro atoms. The van der Waals surface area contributed by atoms with Crippen molar-refractivity contribution in [2.75, 3.05) is 0 Å². The molecule has 0 radical (unpaired) electrons. The molecule has 0 saturated heterocycles. The zero-order valence-corrected chi connectivity index (χ0v) is 12.7. The van der Waals surface area contributed by atoms with Crippen LogP contribution in [0.5, 0.6) is 0 Å². The maximum Gasteiger partial charge on any atom is 0.270 e. The minimum atomic E-state index is -0.463. The molecule has 23 heavy (non-hydrogen) atoms. The van der Waals surface area contributed by atoms with E-state index in [2.05, 4.69) is 10.5 Å². The number of benzene rings is 2. The van der Waals surface area contributed by atoms with Crippen LogP contribution in [0, 0.1) is 10.1 Å². The van der Waals surface area contributed by atoms with E-state index in [9.17, 15) is 14.9 Å². The number of aryl methyl sites for hydroxylation is 1. The molecule has 0 saturated carbocycles. The van der Waals surface area contributed by atoms with E-state index in [0.29, 0.717) is 24.1 Å². The number of hydrogen-bond acceptors (Lipinski definition) is 4. The molecule has 0 unspecified atom stereocenters. The predicted octanol–water partition coefficient (Wildman–Crippen LogP) is 3.07. The van der Waals surface area contributed by atoms with Gasteiger partial charge in [0.15, 0.2) is 0 Å². The molecule has 2 rings (SSSR count). The third kappa shape index (κ3) is 5.03. The minimum Gasteiger partial charge on any atom is -0.273 e. The SMILES string of the molecule is CC(=NNC(=O)CCc1ccccc1)c1cccc([N+](=O)[O-])c1. The summed E-state index contributed by atoms with van der Waals surface area (Å²) in [5.41, 5.74) is 4.67. The Bertz CT molecular complexity index is 727. The largest absolute Gasteiger partial charge is 0.273 e. The zero-order chi connectivity index (χ0) is 16.7. The summed E-state index contributed by atoms with van der Waals surface area (Å²) in [5, 5.41) is 14.8. The topological polar surface area (TPSA) is 84.6 Å². The summed E-state index contributed by atoms with van der Waals surface area (Å²) in [5.74, 6) is -0.196. The molecule has 118 valence electrons. The first-order valence-corrected chi connectivity index (χ1v) is 7.18. The van der Waals surface area contributed by atoms with Gasteiger partial charge in [-0.2, -0.15) is 5.10 Å². The fourth-order valence-electron chi connectivity index (χ4n) is 2.01. The Morgan fingerprint density at radius 3 is 2.61 bits per heavy atom. The van der Waals surface area contributed by atoms with Crippen molar-refractivity contribution < 1.29 is 9.72 Å². The molecule has 0 heterocycles. The normalized spacial score (nSPS) is 11.1. The van der Waals surface area contributed by atoms with Crippen LogP contribution in [0.4, 0.5) is 5.69 Å². The van der Waals surface area contributed by atoms with Crippen LogP contribution >= 0.6 is 0 Å². The lowest BCUT2D eigenvalue weighted by molar-refractivity contribution is -0.384. The van der Waals surface area contributed by atoms with Gasteiger partial charge in [0.1, 0.15) is 0 Å². The molecule has 6 heteroatoms. The molecular formula is C17H17N3O3. The number of carbonyl (C=O) groups is 1. The molecule has 0 aliphatic rings. The summed E-state index contributed by atoms with van der Waals surface area (Å²) in [7, 11) is 0. The number of nitrogens with one attached hydrogen (secondary N) is 1. The number of hydrazone groups is 1. The van der Waals surface area contributed by atoms with Crippen LogP contribution in [0.15, 0.2) is 59.7 Å². The molecule has 6 nitrogen and oxygen atoms in total. The van der Waals surface area contributed by atoms with Gasteiger partial charge in [0.2, 0.25) is 5.91 Å². The number of nitrogens with zero attached hydrogens (tertiary/aromatic N) is 2. The highest BCUT2D eigenvalue weighted by molar-refractivity contribution is 5.99. The number of nitro groups is 1. The van der Waals surface area contributed by atoms with Gasteiger partial charge in [-0.05, 0) is 18.9 Å². The van der Waals surface area contributed by atoms with Crippen molar-refractivity contribution in [2.24, 2.45) is 5.10 Å². The summed E-state index contributed by atoms with van der Waals surface area (Å²) in [6.45, 7) is 1.69. The quantitative estimate of drug-likeness (QED) is 0.505. The molecule has 0 aromatic heterocycles. The molecule has 1 amide bonds. The van der Waals surface area contributed by atoms with Crippen molar-refractivity contribution in [3.05, 3.63) is 75.8 Å².